The van der Waals surface area contributed by atoms with Gasteiger partial charge in [-0.3, -0.25) is 4.79 Å². The van der Waals surface area contributed by atoms with Crippen molar-refractivity contribution in [2.45, 2.75) is 19.9 Å². The number of carbonyl (C=O) groups is 1. The van der Waals surface area contributed by atoms with Crippen molar-refractivity contribution >= 4 is 27.4 Å². The first-order chi connectivity index (χ1) is 8.13. The molecule has 0 saturated carbocycles. The van der Waals surface area contributed by atoms with Gasteiger partial charge in [-0.2, -0.15) is 0 Å². The van der Waals surface area contributed by atoms with Crippen molar-refractivity contribution in [3.8, 4) is 0 Å². The minimum Gasteiger partial charge on any atom is -0.338 e. The highest BCUT2D eigenvalue weighted by molar-refractivity contribution is 9.10. The quantitative estimate of drug-likeness (QED) is 0.872. The number of amides is 1. The molecule has 2 rings (SSSR count). The number of rotatable bonds is 3. The van der Waals surface area contributed by atoms with E-state index in [1.807, 2.05) is 35.7 Å². The van der Waals surface area contributed by atoms with E-state index < -0.39 is 0 Å². The van der Waals surface area contributed by atoms with Crippen molar-refractivity contribution in [1.29, 1.82) is 0 Å². The van der Waals surface area contributed by atoms with Crippen LogP contribution in [0.5, 0.6) is 0 Å². The van der Waals surface area contributed by atoms with Gasteiger partial charge >= 0.3 is 0 Å². The molecule has 0 aliphatic rings. The average molecular weight is 296 g/mol. The highest BCUT2D eigenvalue weighted by atomic mass is 79.9. The average Bonchev–Trinajstić information content (AvgIpc) is 2.66. The number of hydrogen-bond acceptors (Lipinski definition) is 2. The fourth-order valence-electron chi connectivity index (χ4n) is 1.74. The van der Waals surface area contributed by atoms with Gasteiger partial charge in [0.05, 0.1) is 12.1 Å². The van der Waals surface area contributed by atoms with Crippen molar-refractivity contribution in [2.75, 3.05) is 7.05 Å². The van der Waals surface area contributed by atoms with Gasteiger partial charge in [-0.25, -0.2) is 4.98 Å². The molecular weight excluding hydrogens is 282 g/mol. The zero-order valence-corrected chi connectivity index (χ0v) is 11.4. The first-order valence-corrected chi connectivity index (χ1v) is 6.28. The van der Waals surface area contributed by atoms with E-state index in [1.54, 1.807) is 11.9 Å². The van der Waals surface area contributed by atoms with E-state index in [4.69, 9.17) is 0 Å². The Bertz CT molecular complexity index is 550. The molecule has 90 valence electrons. The van der Waals surface area contributed by atoms with Gasteiger partial charge in [0.2, 0.25) is 5.91 Å². The molecule has 5 heteroatoms. The number of nitrogens with zero attached hydrogens (tertiary/aromatic N) is 3. The Kier molecular flexibility index (Phi) is 3.47. The van der Waals surface area contributed by atoms with E-state index in [9.17, 15) is 4.79 Å². The zero-order chi connectivity index (χ0) is 12.4. The Labute approximate surface area is 108 Å². The second kappa shape index (κ2) is 4.87. The lowest BCUT2D eigenvalue weighted by molar-refractivity contribution is -0.130. The molecule has 0 fully saturated rings. The summed E-state index contributed by atoms with van der Waals surface area (Å²) in [5, 5.41) is 0. The van der Waals surface area contributed by atoms with Gasteiger partial charge < -0.3 is 9.30 Å². The van der Waals surface area contributed by atoms with Crippen LogP contribution in [0.15, 0.2) is 29.0 Å². The molecule has 0 spiro atoms. The number of carbonyl (C=O) groups excluding carboxylic acids is 1. The number of fused-ring (bicyclic) bond motifs is 1. The largest absolute Gasteiger partial charge is 0.338 e. The summed E-state index contributed by atoms with van der Waals surface area (Å²) in [6.45, 7) is 2.38. The molecule has 2 aromatic heterocycles. The van der Waals surface area contributed by atoms with Crippen LogP contribution in [-0.4, -0.2) is 27.2 Å². The van der Waals surface area contributed by atoms with Gasteiger partial charge in [0.15, 0.2) is 0 Å². The molecule has 0 aromatic carbocycles. The first-order valence-electron chi connectivity index (χ1n) is 5.49. The van der Waals surface area contributed by atoms with E-state index in [0.717, 1.165) is 15.9 Å². The summed E-state index contributed by atoms with van der Waals surface area (Å²) in [5.41, 5.74) is 1.01. The molecule has 0 aliphatic heterocycles. The van der Waals surface area contributed by atoms with E-state index in [0.29, 0.717) is 13.0 Å². The molecule has 0 atom stereocenters. The van der Waals surface area contributed by atoms with Gasteiger partial charge in [0, 0.05) is 19.7 Å². The predicted molar refractivity (Wildman–Crippen MR) is 69.7 cm³/mol. The van der Waals surface area contributed by atoms with E-state index in [-0.39, 0.29) is 5.91 Å². The Hall–Kier alpha value is -1.36. The molecule has 2 heterocycles. The minimum absolute atomic E-state index is 0.119. The maximum atomic E-state index is 11.5. The van der Waals surface area contributed by atoms with Gasteiger partial charge in [0.1, 0.15) is 10.4 Å². The van der Waals surface area contributed by atoms with Crippen LogP contribution in [0, 0.1) is 0 Å². The number of aromatic nitrogens is 2. The summed E-state index contributed by atoms with van der Waals surface area (Å²) in [5.74, 6) is 0.977. The molecule has 0 N–H and O–H groups in total. The summed E-state index contributed by atoms with van der Waals surface area (Å²) >= 11 is 3.43. The van der Waals surface area contributed by atoms with Crippen molar-refractivity contribution in [3.05, 3.63) is 34.8 Å². The Morgan fingerprint density at radius 2 is 2.29 bits per heavy atom. The molecule has 2 aromatic rings. The van der Waals surface area contributed by atoms with Crippen LogP contribution >= 0.6 is 15.9 Å². The summed E-state index contributed by atoms with van der Waals surface area (Å²) < 4.78 is 2.80. The third-order valence-corrected chi connectivity index (χ3v) is 3.27. The fraction of sp³-hybridized carbons (Fsp3) is 0.333. The van der Waals surface area contributed by atoms with Gasteiger partial charge in [-0.15, -0.1) is 0 Å². The van der Waals surface area contributed by atoms with Gasteiger partial charge in [-0.1, -0.05) is 13.0 Å². The van der Waals surface area contributed by atoms with Crippen molar-refractivity contribution in [2.24, 2.45) is 0 Å². The van der Waals surface area contributed by atoms with Crippen LogP contribution in [0.3, 0.4) is 0 Å². The third kappa shape index (κ3) is 2.34. The number of pyridine rings is 1. The van der Waals surface area contributed by atoms with Crippen LogP contribution in [0.2, 0.25) is 0 Å². The Morgan fingerprint density at radius 1 is 1.53 bits per heavy atom. The molecule has 0 saturated heterocycles. The smallest absolute Gasteiger partial charge is 0.222 e. The van der Waals surface area contributed by atoms with Gasteiger partial charge in [0.25, 0.3) is 0 Å². The number of hydrogen-bond donors (Lipinski definition) is 0. The van der Waals surface area contributed by atoms with Crippen LogP contribution < -0.4 is 0 Å². The monoisotopic (exact) mass is 295 g/mol. The highest BCUT2D eigenvalue weighted by Gasteiger charge is 2.12. The lowest BCUT2D eigenvalue weighted by Gasteiger charge is -2.15. The summed E-state index contributed by atoms with van der Waals surface area (Å²) in [6.07, 6.45) is 2.47. The van der Waals surface area contributed by atoms with Crippen LogP contribution in [0.1, 0.15) is 19.2 Å². The lowest BCUT2D eigenvalue weighted by Crippen LogP contribution is -2.26. The van der Waals surface area contributed by atoms with Crippen molar-refractivity contribution in [1.82, 2.24) is 14.3 Å². The second-order valence-corrected chi connectivity index (χ2v) is 4.63. The van der Waals surface area contributed by atoms with E-state index in [2.05, 4.69) is 20.9 Å². The standard InChI is InChI=1S/C12H14BrN3O/c1-3-11(17)15(2)8-10-14-12(13)9-6-4-5-7-16(9)10/h4-7H,3,8H2,1-2H3. The molecule has 0 unspecified atom stereocenters. The summed E-state index contributed by atoms with van der Waals surface area (Å²) in [7, 11) is 1.80. The molecular formula is C12H14BrN3O. The first kappa shape index (κ1) is 12.1. The third-order valence-electron chi connectivity index (χ3n) is 2.68. The zero-order valence-electron chi connectivity index (χ0n) is 9.85. The van der Waals surface area contributed by atoms with E-state index >= 15 is 0 Å². The van der Waals surface area contributed by atoms with Crippen LogP contribution in [0.25, 0.3) is 5.52 Å². The summed E-state index contributed by atoms with van der Waals surface area (Å²) in [4.78, 5) is 17.7. The lowest BCUT2D eigenvalue weighted by atomic mass is 10.4. The Balaban J connectivity index is 2.33. The summed E-state index contributed by atoms with van der Waals surface area (Å²) in [6, 6.07) is 5.90. The number of imidazole rings is 1. The number of halogens is 1. The normalized spacial score (nSPS) is 10.8. The minimum atomic E-state index is 0.119. The predicted octanol–water partition coefficient (Wildman–Crippen LogP) is 2.47. The van der Waals surface area contributed by atoms with E-state index in [1.165, 1.54) is 0 Å². The SMILES string of the molecule is CCC(=O)N(C)Cc1nc(Br)c2ccccn12. The molecule has 0 bridgehead atoms. The molecule has 0 aliphatic carbocycles. The fourth-order valence-corrected chi connectivity index (χ4v) is 2.27. The molecule has 0 radical (unpaired) electrons. The van der Waals surface area contributed by atoms with Crippen molar-refractivity contribution < 1.29 is 4.79 Å². The van der Waals surface area contributed by atoms with Crippen LogP contribution in [-0.2, 0) is 11.3 Å². The highest BCUT2D eigenvalue weighted by Crippen LogP contribution is 2.19. The molecule has 1 amide bonds. The Morgan fingerprint density at radius 3 is 3.00 bits per heavy atom. The maximum Gasteiger partial charge on any atom is 0.222 e. The second-order valence-electron chi connectivity index (χ2n) is 3.88. The topological polar surface area (TPSA) is 37.6 Å². The molecule has 4 nitrogen and oxygen atoms in total. The van der Waals surface area contributed by atoms with Crippen molar-refractivity contribution in [3.63, 3.8) is 0 Å². The van der Waals surface area contributed by atoms with Gasteiger partial charge in [-0.05, 0) is 28.1 Å². The van der Waals surface area contributed by atoms with Crippen LogP contribution in [0.4, 0.5) is 0 Å². The molecule has 17 heavy (non-hydrogen) atoms. The maximum absolute atomic E-state index is 11.5.